The van der Waals surface area contributed by atoms with Gasteiger partial charge in [-0.05, 0) is 12.1 Å². The van der Waals surface area contributed by atoms with Gasteiger partial charge in [-0.3, -0.25) is 19.7 Å². The van der Waals surface area contributed by atoms with Crippen LogP contribution in [-0.4, -0.2) is 29.6 Å². The van der Waals surface area contributed by atoms with E-state index in [9.17, 15) is 30.2 Å². The number of hydrogen-bond donors (Lipinski definition) is 2. The second-order valence-corrected chi connectivity index (χ2v) is 7.55. The van der Waals surface area contributed by atoms with Crippen molar-refractivity contribution < 1.29 is 19.2 Å². The number of nitro benzene ring substituents is 1. The standard InChI is InChI=1S/C18H17N5O5S/c1-18(2)11(7-19)16(25)22-17(12(18)8-20)29-9-15(24)21-13-5-4-10(28-3)6-14(13)23(26)27/h4-6,11H,9H2,1-3H3,(H,21,24)(H,22,25)/t11-/m0/s1. The number of carbonyl (C=O) groups excluding carboxylic acids is 2. The molecule has 0 aliphatic carbocycles. The maximum absolute atomic E-state index is 12.3. The van der Waals surface area contributed by atoms with Crippen LogP contribution in [-0.2, 0) is 9.59 Å². The summed E-state index contributed by atoms with van der Waals surface area (Å²) in [5, 5.41) is 35.0. The quantitative estimate of drug-likeness (QED) is 0.529. The molecular weight excluding hydrogens is 398 g/mol. The van der Waals surface area contributed by atoms with Crippen LogP contribution in [0.5, 0.6) is 5.75 Å². The van der Waals surface area contributed by atoms with Gasteiger partial charge in [0.25, 0.3) is 5.69 Å². The molecule has 0 fully saturated rings. The molecule has 0 saturated carbocycles. The van der Waals surface area contributed by atoms with Gasteiger partial charge in [0.05, 0.1) is 46.6 Å². The van der Waals surface area contributed by atoms with Gasteiger partial charge in [0.15, 0.2) is 0 Å². The summed E-state index contributed by atoms with van der Waals surface area (Å²) in [4.78, 5) is 35.0. The molecule has 2 rings (SSSR count). The van der Waals surface area contributed by atoms with Crippen molar-refractivity contribution in [2.24, 2.45) is 11.3 Å². The normalized spacial score (nSPS) is 17.6. The Morgan fingerprint density at radius 3 is 2.69 bits per heavy atom. The molecule has 0 unspecified atom stereocenters. The highest BCUT2D eigenvalue weighted by Gasteiger charge is 2.44. The van der Waals surface area contributed by atoms with E-state index in [1.54, 1.807) is 13.8 Å². The molecule has 1 aliphatic rings. The maximum atomic E-state index is 12.3. The van der Waals surface area contributed by atoms with Crippen LogP contribution in [0.3, 0.4) is 0 Å². The van der Waals surface area contributed by atoms with Crippen LogP contribution >= 0.6 is 11.8 Å². The first-order chi connectivity index (χ1) is 13.6. The van der Waals surface area contributed by atoms with E-state index < -0.39 is 28.1 Å². The molecular formula is C18H17N5O5S. The summed E-state index contributed by atoms with van der Waals surface area (Å²) in [6.07, 6.45) is 0. The van der Waals surface area contributed by atoms with Crippen LogP contribution < -0.4 is 15.4 Å². The number of nitro groups is 1. The topological polar surface area (TPSA) is 158 Å². The Bertz CT molecular complexity index is 989. The number of amides is 2. The molecule has 29 heavy (non-hydrogen) atoms. The first-order valence-electron chi connectivity index (χ1n) is 8.26. The van der Waals surface area contributed by atoms with Gasteiger partial charge >= 0.3 is 0 Å². The zero-order chi connectivity index (χ0) is 21.8. The monoisotopic (exact) mass is 415 g/mol. The number of methoxy groups -OCH3 is 1. The average molecular weight is 415 g/mol. The van der Waals surface area contributed by atoms with Crippen molar-refractivity contribution >= 4 is 35.0 Å². The lowest BCUT2D eigenvalue weighted by Crippen LogP contribution is -2.44. The van der Waals surface area contributed by atoms with Crippen molar-refractivity contribution in [3.8, 4) is 17.9 Å². The Morgan fingerprint density at radius 1 is 1.45 bits per heavy atom. The van der Waals surface area contributed by atoms with Crippen LogP contribution in [0, 0.1) is 44.1 Å². The van der Waals surface area contributed by atoms with Gasteiger partial charge in [-0.2, -0.15) is 10.5 Å². The van der Waals surface area contributed by atoms with E-state index in [-0.39, 0.29) is 33.5 Å². The van der Waals surface area contributed by atoms with Crippen molar-refractivity contribution in [2.75, 3.05) is 18.2 Å². The van der Waals surface area contributed by atoms with Crippen LogP contribution in [0.4, 0.5) is 11.4 Å². The highest BCUT2D eigenvalue weighted by atomic mass is 32.2. The number of allylic oxidation sites excluding steroid dienone is 1. The van der Waals surface area contributed by atoms with E-state index in [1.807, 2.05) is 12.1 Å². The summed E-state index contributed by atoms with van der Waals surface area (Å²) < 4.78 is 4.94. The zero-order valence-corrected chi connectivity index (χ0v) is 16.6. The average Bonchev–Trinajstić information content (AvgIpc) is 2.66. The predicted octanol–water partition coefficient (Wildman–Crippen LogP) is 2.31. The van der Waals surface area contributed by atoms with Crippen molar-refractivity contribution in [2.45, 2.75) is 13.8 Å². The second-order valence-electron chi connectivity index (χ2n) is 6.57. The molecule has 0 spiro atoms. The third kappa shape index (κ3) is 4.47. The first kappa shape index (κ1) is 21.7. The highest BCUT2D eigenvalue weighted by molar-refractivity contribution is 8.03. The number of carbonyl (C=O) groups is 2. The van der Waals surface area contributed by atoms with Gasteiger partial charge in [-0.25, -0.2) is 0 Å². The molecule has 2 N–H and O–H groups in total. The van der Waals surface area contributed by atoms with Crippen LogP contribution in [0.2, 0.25) is 0 Å². The minimum absolute atomic E-state index is 0.00607. The lowest BCUT2D eigenvalue weighted by molar-refractivity contribution is -0.384. The third-order valence-corrected chi connectivity index (χ3v) is 5.36. The molecule has 0 radical (unpaired) electrons. The summed E-state index contributed by atoms with van der Waals surface area (Å²) in [6.45, 7) is 3.22. The van der Waals surface area contributed by atoms with Crippen molar-refractivity contribution in [3.05, 3.63) is 38.9 Å². The number of nitrogens with zero attached hydrogens (tertiary/aromatic N) is 3. The predicted molar refractivity (Wildman–Crippen MR) is 104 cm³/mol. The lowest BCUT2D eigenvalue weighted by atomic mass is 9.72. The third-order valence-electron chi connectivity index (χ3n) is 4.36. The number of thioether (sulfide) groups is 1. The molecule has 11 heteroatoms. The van der Waals surface area contributed by atoms with E-state index in [1.165, 1.54) is 25.3 Å². The van der Waals surface area contributed by atoms with Gasteiger partial charge in [-0.15, -0.1) is 0 Å². The Labute approximate surface area is 170 Å². The minimum atomic E-state index is -1.03. The summed E-state index contributed by atoms with van der Waals surface area (Å²) in [6, 6.07) is 7.90. The molecule has 150 valence electrons. The molecule has 0 bridgehead atoms. The van der Waals surface area contributed by atoms with Gasteiger partial charge in [0.1, 0.15) is 17.4 Å². The molecule has 1 aromatic rings. The van der Waals surface area contributed by atoms with Crippen molar-refractivity contribution in [1.82, 2.24) is 5.32 Å². The van der Waals surface area contributed by atoms with E-state index >= 15 is 0 Å². The number of anilines is 1. The van der Waals surface area contributed by atoms with E-state index in [0.29, 0.717) is 0 Å². The molecule has 1 atom stereocenters. The van der Waals surface area contributed by atoms with Gasteiger partial charge < -0.3 is 15.4 Å². The number of nitriles is 2. The maximum Gasteiger partial charge on any atom is 0.296 e. The van der Waals surface area contributed by atoms with Crippen LogP contribution in [0.25, 0.3) is 0 Å². The first-order valence-corrected chi connectivity index (χ1v) is 9.24. The minimum Gasteiger partial charge on any atom is -0.496 e. The Hall–Kier alpha value is -3.57. The van der Waals surface area contributed by atoms with Crippen LogP contribution in [0.15, 0.2) is 28.8 Å². The molecule has 1 aromatic carbocycles. The number of ether oxygens (including phenoxy) is 1. The van der Waals surface area contributed by atoms with Crippen molar-refractivity contribution in [3.63, 3.8) is 0 Å². The van der Waals surface area contributed by atoms with E-state index in [2.05, 4.69) is 10.6 Å². The van der Waals surface area contributed by atoms with Gasteiger partial charge in [0, 0.05) is 5.41 Å². The largest absolute Gasteiger partial charge is 0.496 e. The summed E-state index contributed by atoms with van der Waals surface area (Å²) in [5.74, 6) is -2.09. The molecule has 1 heterocycles. The molecule has 0 aromatic heterocycles. The zero-order valence-electron chi connectivity index (χ0n) is 15.8. The summed E-state index contributed by atoms with van der Waals surface area (Å²) in [7, 11) is 1.37. The Morgan fingerprint density at radius 2 is 2.14 bits per heavy atom. The molecule has 10 nitrogen and oxygen atoms in total. The van der Waals surface area contributed by atoms with Gasteiger partial charge in [-0.1, -0.05) is 25.6 Å². The summed E-state index contributed by atoms with van der Waals surface area (Å²) >= 11 is 0.907. The fourth-order valence-corrected chi connectivity index (χ4v) is 3.73. The number of rotatable bonds is 6. The summed E-state index contributed by atoms with van der Waals surface area (Å²) in [5.41, 5.74) is -1.16. The number of nitrogens with one attached hydrogen (secondary N) is 2. The fraction of sp³-hybridized carbons (Fsp3) is 0.333. The number of benzene rings is 1. The SMILES string of the molecule is COc1ccc(NC(=O)CSC2=C(C#N)C(C)(C)[C@@H](C#N)C(=O)N2)c([N+](=O)[O-])c1. The van der Waals surface area contributed by atoms with Crippen LogP contribution in [0.1, 0.15) is 13.8 Å². The molecule has 0 saturated heterocycles. The Kier molecular flexibility index (Phi) is 6.46. The number of hydrogen-bond acceptors (Lipinski definition) is 8. The smallest absolute Gasteiger partial charge is 0.296 e. The lowest BCUT2D eigenvalue weighted by Gasteiger charge is -2.34. The van der Waals surface area contributed by atoms with E-state index in [0.717, 1.165) is 11.8 Å². The molecule has 2 amide bonds. The Balaban J connectivity index is 2.18. The second kappa shape index (κ2) is 8.63. The fourth-order valence-electron chi connectivity index (χ4n) is 2.75. The van der Waals surface area contributed by atoms with E-state index in [4.69, 9.17) is 4.74 Å². The van der Waals surface area contributed by atoms with Crippen molar-refractivity contribution in [1.29, 1.82) is 10.5 Å². The molecule has 1 aliphatic heterocycles. The van der Waals surface area contributed by atoms with Gasteiger partial charge in [0.2, 0.25) is 11.8 Å². The highest BCUT2D eigenvalue weighted by Crippen LogP contribution is 2.41.